The number of likely N-dealkylation sites (tertiary alicyclic amines) is 1. The van der Waals surface area contributed by atoms with Crippen LogP contribution in [-0.2, 0) is 32.0 Å². The zero-order chi connectivity index (χ0) is 27.9. The Hall–Kier alpha value is -4.22. The number of nitrogens with zero attached hydrogens (tertiary/aromatic N) is 1. The van der Waals surface area contributed by atoms with Gasteiger partial charge in [-0.3, -0.25) is 14.4 Å². The fourth-order valence-electron chi connectivity index (χ4n) is 4.92. The van der Waals surface area contributed by atoms with E-state index >= 15 is 0 Å². The summed E-state index contributed by atoms with van der Waals surface area (Å²) in [6, 6.07) is 12.6. The van der Waals surface area contributed by atoms with Gasteiger partial charge in [-0.2, -0.15) is 0 Å². The van der Waals surface area contributed by atoms with Gasteiger partial charge in [0.1, 0.15) is 18.1 Å². The number of aliphatic carboxylic acids is 1. The molecule has 11 nitrogen and oxygen atoms in total. The van der Waals surface area contributed by atoms with Crippen molar-refractivity contribution in [1.29, 1.82) is 0 Å². The second-order valence-electron chi connectivity index (χ2n) is 9.69. The topological polar surface area (TPSA) is 178 Å². The number of aliphatic hydroxyl groups is 1. The van der Waals surface area contributed by atoms with Gasteiger partial charge in [0, 0.05) is 30.1 Å². The first-order valence-corrected chi connectivity index (χ1v) is 12.9. The highest BCUT2D eigenvalue weighted by Crippen LogP contribution is 2.23. The lowest BCUT2D eigenvalue weighted by molar-refractivity contribution is -0.145. The van der Waals surface area contributed by atoms with Crippen LogP contribution in [0.3, 0.4) is 0 Å². The SMILES string of the molecule is NC(Cc1ccccc1)C(=O)NC(Cc1c[nH]c2ccccc12)C(=O)N1CCCC1C(=O)NC(CO)C(=O)O. The standard InChI is InChI=1S/C28H33N5O6/c29-20(13-17-7-2-1-3-8-17)25(35)31-22(14-18-15-30-21-10-5-4-9-19(18)21)27(37)33-12-6-11-24(33)26(36)32-23(16-34)28(38)39/h1-5,7-10,15,20,22-24,30,34H,6,11-14,16,29H2,(H,31,35)(H,32,36)(H,38,39). The number of carboxylic acid groups (broad SMARTS) is 1. The minimum atomic E-state index is -1.48. The molecule has 0 radical (unpaired) electrons. The Morgan fingerprint density at radius 3 is 2.44 bits per heavy atom. The summed E-state index contributed by atoms with van der Waals surface area (Å²) in [4.78, 5) is 55.7. The molecule has 2 aromatic carbocycles. The molecule has 2 heterocycles. The van der Waals surface area contributed by atoms with Crippen molar-refractivity contribution in [1.82, 2.24) is 20.5 Å². The van der Waals surface area contributed by atoms with Gasteiger partial charge in [-0.1, -0.05) is 48.5 Å². The van der Waals surface area contributed by atoms with E-state index in [1.807, 2.05) is 54.6 Å². The van der Waals surface area contributed by atoms with Gasteiger partial charge in [-0.05, 0) is 36.5 Å². The molecule has 1 aliphatic heterocycles. The van der Waals surface area contributed by atoms with E-state index in [-0.39, 0.29) is 19.4 Å². The highest BCUT2D eigenvalue weighted by Gasteiger charge is 2.39. The van der Waals surface area contributed by atoms with Gasteiger partial charge in [0.2, 0.25) is 17.7 Å². The summed E-state index contributed by atoms with van der Waals surface area (Å²) in [5.41, 5.74) is 8.78. The second-order valence-corrected chi connectivity index (χ2v) is 9.69. The molecule has 11 heteroatoms. The van der Waals surface area contributed by atoms with E-state index in [1.165, 1.54) is 4.90 Å². The highest BCUT2D eigenvalue weighted by molar-refractivity contribution is 5.95. The average molecular weight is 536 g/mol. The monoisotopic (exact) mass is 535 g/mol. The summed E-state index contributed by atoms with van der Waals surface area (Å²) in [6.07, 6.45) is 3.09. The Kier molecular flexibility index (Phi) is 8.95. The molecule has 39 heavy (non-hydrogen) atoms. The number of hydrogen-bond donors (Lipinski definition) is 6. The maximum absolute atomic E-state index is 13.8. The van der Waals surface area contributed by atoms with Crippen LogP contribution in [0.5, 0.6) is 0 Å². The molecular weight excluding hydrogens is 502 g/mol. The average Bonchev–Trinajstić information content (AvgIpc) is 3.59. The Morgan fingerprint density at radius 2 is 1.72 bits per heavy atom. The number of rotatable bonds is 11. The fraction of sp³-hybridized carbons (Fsp3) is 0.357. The van der Waals surface area contributed by atoms with Crippen LogP contribution >= 0.6 is 0 Å². The van der Waals surface area contributed by atoms with E-state index < -0.39 is 54.5 Å². The third-order valence-electron chi connectivity index (χ3n) is 6.98. The van der Waals surface area contributed by atoms with E-state index in [1.54, 1.807) is 6.20 Å². The van der Waals surface area contributed by atoms with Crippen LogP contribution in [0.25, 0.3) is 10.9 Å². The van der Waals surface area contributed by atoms with Crippen molar-refractivity contribution in [2.75, 3.05) is 13.2 Å². The lowest BCUT2D eigenvalue weighted by Gasteiger charge is -2.30. The number of H-pyrrole nitrogens is 1. The van der Waals surface area contributed by atoms with Crippen molar-refractivity contribution in [3.63, 3.8) is 0 Å². The maximum atomic E-state index is 13.8. The summed E-state index contributed by atoms with van der Waals surface area (Å²) in [5.74, 6) is -3.00. The van der Waals surface area contributed by atoms with Crippen LogP contribution < -0.4 is 16.4 Å². The van der Waals surface area contributed by atoms with Crippen molar-refractivity contribution in [2.45, 2.75) is 49.9 Å². The Balaban J connectivity index is 1.55. The van der Waals surface area contributed by atoms with Crippen LogP contribution in [0.15, 0.2) is 60.8 Å². The van der Waals surface area contributed by atoms with E-state index in [9.17, 15) is 29.4 Å². The Morgan fingerprint density at radius 1 is 1.00 bits per heavy atom. The highest BCUT2D eigenvalue weighted by atomic mass is 16.4. The van der Waals surface area contributed by atoms with E-state index in [0.717, 1.165) is 22.0 Å². The number of fused-ring (bicyclic) bond motifs is 1. The molecule has 1 aliphatic rings. The smallest absolute Gasteiger partial charge is 0.328 e. The van der Waals surface area contributed by atoms with Crippen LogP contribution in [0.1, 0.15) is 24.0 Å². The molecule has 1 fully saturated rings. The first-order valence-electron chi connectivity index (χ1n) is 12.9. The molecule has 0 aliphatic carbocycles. The lowest BCUT2D eigenvalue weighted by Crippen LogP contribution is -2.57. The Labute approximate surface area is 225 Å². The predicted molar refractivity (Wildman–Crippen MR) is 143 cm³/mol. The van der Waals surface area contributed by atoms with Gasteiger partial charge in [-0.15, -0.1) is 0 Å². The van der Waals surface area contributed by atoms with Gasteiger partial charge in [0.05, 0.1) is 12.6 Å². The molecule has 0 bridgehead atoms. The number of aromatic nitrogens is 1. The van der Waals surface area contributed by atoms with Gasteiger partial charge < -0.3 is 36.5 Å². The minimum Gasteiger partial charge on any atom is -0.480 e. The third-order valence-corrected chi connectivity index (χ3v) is 6.98. The molecule has 0 saturated carbocycles. The normalized spacial score (nSPS) is 17.4. The summed E-state index contributed by atoms with van der Waals surface area (Å²) in [6.45, 7) is -0.510. The number of benzene rings is 2. The molecule has 4 rings (SSSR count). The largest absolute Gasteiger partial charge is 0.480 e. The number of nitrogens with one attached hydrogen (secondary N) is 3. The van der Waals surface area contributed by atoms with Crippen LogP contribution in [0.4, 0.5) is 0 Å². The van der Waals surface area contributed by atoms with Gasteiger partial charge in [-0.25, -0.2) is 4.79 Å². The molecule has 7 N–H and O–H groups in total. The van der Waals surface area contributed by atoms with Crippen LogP contribution in [-0.4, -0.2) is 81.1 Å². The minimum absolute atomic E-state index is 0.159. The van der Waals surface area contributed by atoms with Gasteiger partial charge >= 0.3 is 5.97 Å². The van der Waals surface area contributed by atoms with E-state index in [2.05, 4.69) is 15.6 Å². The number of carbonyl (C=O) groups is 4. The molecule has 4 atom stereocenters. The number of aromatic amines is 1. The number of para-hydroxylation sites is 1. The zero-order valence-corrected chi connectivity index (χ0v) is 21.4. The quantitative estimate of drug-likeness (QED) is 0.205. The van der Waals surface area contributed by atoms with Crippen LogP contribution in [0.2, 0.25) is 0 Å². The number of amides is 3. The van der Waals surface area contributed by atoms with Gasteiger partial charge in [0.15, 0.2) is 0 Å². The van der Waals surface area contributed by atoms with E-state index in [4.69, 9.17) is 5.73 Å². The lowest BCUT2D eigenvalue weighted by atomic mass is 10.0. The van der Waals surface area contributed by atoms with Crippen molar-refractivity contribution in [2.24, 2.45) is 5.73 Å². The second kappa shape index (κ2) is 12.5. The molecule has 3 aromatic rings. The number of carbonyl (C=O) groups excluding carboxylic acids is 3. The molecule has 4 unspecified atom stereocenters. The summed E-state index contributed by atoms with van der Waals surface area (Å²) >= 11 is 0. The summed E-state index contributed by atoms with van der Waals surface area (Å²) in [5, 5.41) is 24.5. The summed E-state index contributed by atoms with van der Waals surface area (Å²) in [7, 11) is 0. The first kappa shape index (κ1) is 27.8. The number of aliphatic hydroxyl groups excluding tert-OH is 1. The number of carboxylic acids is 1. The van der Waals surface area contributed by atoms with Crippen molar-refractivity contribution < 1.29 is 29.4 Å². The van der Waals surface area contributed by atoms with Crippen molar-refractivity contribution in [3.8, 4) is 0 Å². The first-order chi connectivity index (χ1) is 18.8. The number of hydrogen-bond acceptors (Lipinski definition) is 6. The fourth-order valence-corrected chi connectivity index (χ4v) is 4.92. The van der Waals surface area contributed by atoms with Crippen LogP contribution in [0, 0.1) is 0 Å². The predicted octanol–water partition coefficient (Wildman–Crippen LogP) is 0.318. The van der Waals surface area contributed by atoms with Crippen molar-refractivity contribution >= 4 is 34.6 Å². The molecule has 206 valence electrons. The van der Waals surface area contributed by atoms with E-state index in [0.29, 0.717) is 12.8 Å². The van der Waals surface area contributed by atoms with Crippen molar-refractivity contribution in [3.05, 3.63) is 71.9 Å². The number of nitrogens with two attached hydrogens (primary N) is 1. The summed E-state index contributed by atoms with van der Waals surface area (Å²) < 4.78 is 0. The third kappa shape index (κ3) is 6.62. The van der Waals surface area contributed by atoms with Gasteiger partial charge in [0.25, 0.3) is 0 Å². The maximum Gasteiger partial charge on any atom is 0.328 e. The molecule has 0 spiro atoms. The molecule has 1 aromatic heterocycles. The molecule has 1 saturated heterocycles. The molecule has 3 amide bonds. The zero-order valence-electron chi connectivity index (χ0n) is 21.4. The Bertz CT molecular complexity index is 1330. The molecular formula is C28H33N5O6.